The molecular formula is C15H15N3O3S. The SMILES string of the molecule is O=C(O)Cc1cn2nc(CCCOc3ccccc3)sc2n1. The molecule has 2 heterocycles. The Labute approximate surface area is 131 Å². The van der Waals surface area contributed by atoms with E-state index in [9.17, 15) is 4.79 Å². The second kappa shape index (κ2) is 6.57. The number of hydrogen-bond acceptors (Lipinski definition) is 5. The highest BCUT2D eigenvalue weighted by atomic mass is 32.1. The Morgan fingerprint density at radius 3 is 2.86 bits per heavy atom. The van der Waals surface area contributed by atoms with E-state index in [2.05, 4.69) is 10.1 Å². The number of hydrogen-bond donors (Lipinski definition) is 1. The van der Waals surface area contributed by atoms with Crippen LogP contribution in [0.25, 0.3) is 4.96 Å². The van der Waals surface area contributed by atoms with Gasteiger partial charge in [-0.1, -0.05) is 29.5 Å². The molecule has 0 fully saturated rings. The average molecular weight is 317 g/mol. The maximum atomic E-state index is 10.6. The molecule has 0 saturated heterocycles. The quantitative estimate of drug-likeness (QED) is 0.677. The van der Waals surface area contributed by atoms with Crippen molar-refractivity contribution in [3.8, 4) is 5.75 Å². The Morgan fingerprint density at radius 2 is 2.14 bits per heavy atom. The zero-order valence-electron chi connectivity index (χ0n) is 11.8. The predicted molar refractivity (Wildman–Crippen MR) is 82.5 cm³/mol. The van der Waals surface area contributed by atoms with Crippen molar-refractivity contribution in [1.29, 1.82) is 0 Å². The Morgan fingerprint density at radius 1 is 1.32 bits per heavy atom. The number of benzene rings is 1. The van der Waals surface area contributed by atoms with Gasteiger partial charge in [-0.2, -0.15) is 5.10 Å². The number of aromatic nitrogens is 3. The van der Waals surface area contributed by atoms with Crippen LogP contribution < -0.4 is 4.74 Å². The van der Waals surface area contributed by atoms with Gasteiger partial charge in [0.25, 0.3) is 0 Å². The van der Waals surface area contributed by atoms with Gasteiger partial charge < -0.3 is 9.84 Å². The summed E-state index contributed by atoms with van der Waals surface area (Å²) in [6.07, 6.45) is 3.28. The van der Waals surface area contributed by atoms with Gasteiger partial charge in [-0.25, -0.2) is 9.50 Å². The predicted octanol–water partition coefficient (Wildman–Crippen LogP) is 2.43. The minimum atomic E-state index is -0.885. The van der Waals surface area contributed by atoms with E-state index in [0.717, 1.165) is 28.6 Å². The first-order valence-electron chi connectivity index (χ1n) is 6.94. The third kappa shape index (κ3) is 3.62. The maximum Gasteiger partial charge on any atom is 0.309 e. The average Bonchev–Trinajstić information content (AvgIpc) is 3.02. The van der Waals surface area contributed by atoms with Gasteiger partial charge in [0.15, 0.2) is 0 Å². The van der Waals surface area contributed by atoms with Gasteiger partial charge >= 0.3 is 5.97 Å². The highest BCUT2D eigenvalue weighted by Gasteiger charge is 2.10. The van der Waals surface area contributed by atoms with Crippen LogP contribution in [0.4, 0.5) is 0 Å². The van der Waals surface area contributed by atoms with Crippen molar-refractivity contribution >= 4 is 22.3 Å². The minimum absolute atomic E-state index is 0.0731. The topological polar surface area (TPSA) is 76.7 Å². The second-order valence-electron chi connectivity index (χ2n) is 4.79. The van der Waals surface area contributed by atoms with Crippen molar-refractivity contribution in [2.24, 2.45) is 0 Å². The Balaban J connectivity index is 1.51. The van der Waals surface area contributed by atoms with Crippen LogP contribution in [0.5, 0.6) is 5.75 Å². The van der Waals surface area contributed by atoms with E-state index < -0.39 is 5.97 Å². The van der Waals surface area contributed by atoms with Crippen LogP contribution in [-0.4, -0.2) is 32.3 Å². The summed E-state index contributed by atoms with van der Waals surface area (Å²) in [5.41, 5.74) is 0.533. The van der Waals surface area contributed by atoms with Crippen molar-refractivity contribution in [3.05, 3.63) is 47.2 Å². The van der Waals surface area contributed by atoms with Crippen molar-refractivity contribution < 1.29 is 14.6 Å². The molecular weight excluding hydrogens is 302 g/mol. The molecule has 2 aromatic heterocycles. The molecule has 0 aliphatic rings. The Hall–Kier alpha value is -2.41. The van der Waals surface area contributed by atoms with Crippen LogP contribution in [0.3, 0.4) is 0 Å². The molecule has 0 amide bonds. The van der Waals surface area contributed by atoms with Crippen LogP contribution in [0, 0.1) is 0 Å². The maximum absolute atomic E-state index is 10.6. The Kier molecular flexibility index (Phi) is 4.34. The summed E-state index contributed by atoms with van der Waals surface area (Å²) in [4.78, 5) is 15.6. The molecule has 0 bridgehead atoms. The summed E-state index contributed by atoms with van der Waals surface area (Å²) in [5.74, 6) is -0.0150. The van der Waals surface area contributed by atoms with Gasteiger partial charge in [0.05, 0.1) is 24.9 Å². The van der Waals surface area contributed by atoms with Gasteiger partial charge in [0.2, 0.25) is 4.96 Å². The lowest BCUT2D eigenvalue weighted by atomic mass is 10.3. The monoisotopic (exact) mass is 317 g/mol. The van der Waals surface area contributed by atoms with Crippen LogP contribution >= 0.6 is 11.3 Å². The molecule has 0 unspecified atom stereocenters. The third-order valence-electron chi connectivity index (χ3n) is 3.01. The van der Waals surface area contributed by atoms with E-state index in [-0.39, 0.29) is 6.42 Å². The normalized spacial score (nSPS) is 10.9. The number of rotatable bonds is 7. The molecule has 0 radical (unpaired) electrons. The van der Waals surface area contributed by atoms with Crippen LogP contribution in [0.1, 0.15) is 17.1 Å². The first-order chi connectivity index (χ1) is 10.7. The fraction of sp³-hybridized carbons (Fsp3) is 0.267. The zero-order chi connectivity index (χ0) is 15.4. The van der Waals surface area contributed by atoms with E-state index in [1.165, 1.54) is 11.3 Å². The lowest BCUT2D eigenvalue weighted by Crippen LogP contribution is -2.00. The molecule has 0 spiro atoms. The summed E-state index contributed by atoms with van der Waals surface area (Å²) < 4.78 is 7.28. The number of aryl methyl sites for hydroxylation is 1. The fourth-order valence-electron chi connectivity index (χ4n) is 2.06. The first kappa shape index (κ1) is 14.5. The third-order valence-corrected chi connectivity index (χ3v) is 4.00. The van der Waals surface area contributed by atoms with Crippen LogP contribution in [0.15, 0.2) is 36.5 Å². The standard InChI is InChI=1S/C15H15N3O3S/c19-14(20)9-11-10-18-15(16-11)22-13(17-18)7-4-8-21-12-5-2-1-3-6-12/h1-3,5-6,10H,4,7-9H2,(H,19,20). The molecule has 114 valence electrons. The highest BCUT2D eigenvalue weighted by Crippen LogP contribution is 2.17. The molecule has 6 nitrogen and oxygen atoms in total. The van der Waals surface area contributed by atoms with E-state index in [0.29, 0.717) is 12.3 Å². The number of nitrogens with zero attached hydrogens (tertiary/aromatic N) is 3. The van der Waals surface area contributed by atoms with Crippen molar-refractivity contribution in [3.63, 3.8) is 0 Å². The minimum Gasteiger partial charge on any atom is -0.494 e. The van der Waals surface area contributed by atoms with Gasteiger partial charge in [-0.15, -0.1) is 0 Å². The summed E-state index contributed by atoms with van der Waals surface area (Å²) in [5, 5.41) is 14.1. The van der Waals surface area contributed by atoms with E-state index in [1.807, 2.05) is 30.3 Å². The summed E-state index contributed by atoms with van der Waals surface area (Å²) in [6.45, 7) is 0.635. The van der Waals surface area contributed by atoms with Gasteiger partial charge in [-0.3, -0.25) is 4.79 Å². The number of aliphatic carboxylic acids is 1. The molecule has 0 atom stereocenters. The van der Waals surface area contributed by atoms with Crippen molar-refractivity contribution in [2.45, 2.75) is 19.3 Å². The molecule has 0 aliphatic carbocycles. The van der Waals surface area contributed by atoms with Crippen LogP contribution in [0.2, 0.25) is 0 Å². The number of carboxylic acids is 1. The smallest absolute Gasteiger partial charge is 0.309 e. The Bertz CT molecular complexity index is 735. The number of fused-ring (bicyclic) bond motifs is 1. The summed E-state index contributed by atoms with van der Waals surface area (Å²) >= 11 is 1.48. The highest BCUT2D eigenvalue weighted by molar-refractivity contribution is 7.16. The molecule has 1 N–H and O–H groups in total. The summed E-state index contributed by atoms with van der Waals surface area (Å²) in [6, 6.07) is 9.71. The number of carboxylic acid groups (broad SMARTS) is 1. The number of imidazole rings is 1. The molecule has 1 aromatic carbocycles. The van der Waals surface area contributed by atoms with Crippen molar-refractivity contribution in [2.75, 3.05) is 6.61 Å². The van der Waals surface area contributed by atoms with Gasteiger partial charge in [0, 0.05) is 6.42 Å². The lowest BCUT2D eigenvalue weighted by molar-refractivity contribution is -0.136. The number of carbonyl (C=O) groups is 1. The molecule has 0 aliphatic heterocycles. The first-order valence-corrected chi connectivity index (χ1v) is 7.76. The van der Waals surface area contributed by atoms with Crippen molar-refractivity contribution in [1.82, 2.24) is 14.6 Å². The molecule has 3 aromatic rings. The second-order valence-corrected chi connectivity index (χ2v) is 5.83. The lowest BCUT2D eigenvalue weighted by Gasteiger charge is -2.04. The number of ether oxygens (including phenoxy) is 1. The molecule has 3 rings (SSSR count). The van der Waals surface area contributed by atoms with E-state index >= 15 is 0 Å². The number of para-hydroxylation sites is 1. The fourth-order valence-corrected chi connectivity index (χ4v) is 2.99. The van der Waals surface area contributed by atoms with E-state index in [4.69, 9.17) is 9.84 Å². The van der Waals surface area contributed by atoms with Crippen LogP contribution in [-0.2, 0) is 17.6 Å². The van der Waals surface area contributed by atoms with Gasteiger partial charge in [0.1, 0.15) is 10.8 Å². The van der Waals surface area contributed by atoms with E-state index in [1.54, 1.807) is 10.7 Å². The largest absolute Gasteiger partial charge is 0.494 e. The molecule has 0 saturated carbocycles. The molecule has 22 heavy (non-hydrogen) atoms. The summed E-state index contributed by atoms with van der Waals surface area (Å²) in [7, 11) is 0. The molecule has 7 heteroatoms. The van der Waals surface area contributed by atoms with Gasteiger partial charge in [-0.05, 0) is 18.6 Å². The zero-order valence-corrected chi connectivity index (χ0v) is 12.6.